The number of likely N-dealkylation sites (tertiary alicyclic amines) is 2. The van der Waals surface area contributed by atoms with Crippen LogP contribution in [0.2, 0.25) is 0 Å². The lowest BCUT2D eigenvalue weighted by Gasteiger charge is -2.26. The average Bonchev–Trinajstić information content (AvgIpc) is 1.52. The van der Waals surface area contributed by atoms with Crippen LogP contribution in [0.25, 0.3) is 11.4 Å². The van der Waals surface area contributed by atoms with Gasteiger partial charge in [0.05, 0.1) is 53.2 Å². The number of azo groups is 1. The second-order valence-corrected chi connectivity index (χ2v) is 36.2. The molecule has 4 heterocycles. The highest BCUT2D eigenvalue weighted by Gasteiger charge is 2.42. The van der Waals surface area contributed by atoms with Gasteiger partial charge in [-0.1, -0.05) is 60.7 Å². The number of carbonyl (C=O) groups excluding carboxylic acids is 2. The summed E-state index contributed by atoms with van der Waals surface area (Å²) in [5, 5.41) is 21.0. The molecule has 11 rings (SSSR count). The fourth-order valence-corrected chi connectivity index (χ4v) is 20.4. The van der Waals surface area contributed by atoms with Crippen LogP contribution in [0.5, 0.6) is 28.7 Å². The third-order valence-corrected chi connectivity index (χ3v) is 25.6. The Morgan fingerprint density at radius 2 is 0.826 bits per heavy atom. The Labute approximate surface area is 651 Å². The van der Waals surface area contributed by atoms with Gasteiger partial charge in [0.2, 0.25) is 45.9 Å². The molecule has 2 atom stereocenters. The zero-order valence-electron chi connectivity index (χ0n) is 61.7. The highest BCUT2D eigenvalue weighted by atomic mass is 79.9. The van der Waals surface area contributed by atoms with E-state index in [-0.39, 0.29) is 104 Å². The predicted molar refractivity (Wildman–Crippen MR) is 411 cm³/mol. The van der Waals surface area contributed by atoms with Gasteiger partial charge in [-0.25, -0.2) is 57.7 Å². The maximum absolute atomic E-state index is 15.5. The lowest BCUT2D eigenvalue weighted by Crippen LogP contribution is -2.41. The quantitative estimate of drug-likeness (QED) is 0.0483. The van der Waals surface area contributed by atoms with Crippen LogP contribution in [-0.4, -0.2) is 182 Å². The molecule has 8 aromatic rings. The molecule has 0 spiro atoms. The van der Waals surface area contributed by atoms with Gasteiger partial charge < -0.3 is 43.0 Å². The van der Waals surface area contributed by atoms with E-state index in [1.54, 1.807) is 158 Å². The highest BCUT2D eigenvalue weighted by molar-refractivity contribution is 9.11. The Kier molecular flexibility index (Phi) is 26.4. The Hall–Kier alpha value is -8.98. The normalized spacial score (nSPS) is 15.5. The van der Waals surface area contributed by atoms with E-state index < -0.39 is 95.1 Å². The Morgan fingerprint density at radius 1 is 0.486 bits per heavy atom. The summed E-state index contributed by atoms with van der Waals surface area (Å²) in [7, 11) is -10.9. The number of tetrazole rings is 1. The van der Waals surface area contributed by atoms with E-state index in [1.165, 1.54) is 75.9 Å². The molecule has 2 N–H and O–H groups in total. The van der Waals surface area contributed by atoms with Gasteiger partial charge in [-0.3, -0.25) is 0 Å². The number of nitrogens with one attached hydrogen (secondary N) is 2. The van der Waals surface area contributed by atoms with Gasteiger partial charge in [0.1, 0.15) is 59.5 Å². The molecule has 1 aromatic heterocycles. The maximum atomic E-state index is 15.5. The van der Waals surface area contributed by atoms with Gasteiger partial charge >= 0.3 is 12.2 Å². The summed E-state index contributed by atoms with van der Waals surface area (Å²) in [6.07, 6.45) is -0.575. The van der Waals surface area contributed by atoms with Gasteiger partial charge in [0.15, 0.2) is 12.5 Å². The van der Waals surface area contributed by atoms with Crippen molar-refractivity contribution in [3.63, 3.8) is 0 Å². The second-order valence-electron chi connectivity index (χ2n) is 27.4. The number of carbonyl (C=O) groups is 2. The molecular weight excluding hydrogens is 1620 g/mol. The first-order valence-electron chi connectivity index (χ1n) is 34.1. The molecular formula is C73H85Br2N13O17S4. The SMILES string of the molecule is COc1ccc(CN(Cc2ccc(OC)cc2)S(=O)(=O)c2c(S(=O)(=O)N[C@@H]3CCN(C(=O)OC(C)(C)C)C3)ccc(Br)c2-c2nnn(Cc3ccc(OC)cc3)n2)cc1.COc1ccc(CN(Cc2ccc(OC)cc2)S(=O)(=O)c2c(S(=O)(=O)N[C@@H]3CCN(C(=O)OC(C)(C)C)C3)ccc(Br)c2C2=NCN=N2)cc1. The number of rotatable bonds is 27. The molecule has 3 aliphatic rings. The van der Waals surface area contributed by atoms with Crippen LogP contribution in [0.1, 0.15) is 87.8 Å². The first-order valence-corrected chi connectivity index (χ1v) is 41.5. The van der Waals surface area contributed by atoms with Crippen LogP contribution in [-0.2, 0) is 82.3 Å². The van der Waals surface area contributed by atoms with Crippen LogP contribution >= 0.6 is 31.9 Å². The number of benzene rings is 7. The number of sulfonamides is 4. The lowest BCUT2D eigenvalue weighted by atomic mass is 10.2. The zero-order valence-corrected chi connectivity index (χ0v) is 68.2. The van der Waals surface area contributed by atoms with Crippen molar-refractivity contribution in [1.82, 2.24) is 48.1 Å². The molecule has 2 fully saturated rings. The molecule has 2 saturated heterocycles. The monoisotopic (exact) mass is 1700 g/mol. The van der Waals surface area contributed by atoms with Crippen molar-refractivity contribution >= 4 is 90.0 Å². The number of aromatic nitrogens is 4. The first kappa shape index (κ1) is 82.5. The van der Waals surface area contributed by atoms with Crippen molar-refractivity contribution in [2.45, 2.75) is 130 Å². The summed E-state index contributed by atoms with van der Waals surface area (Å²) in [6.45, 7) is 10.6. The third kappa shape index (κ3) is 20.9. The summed E-state index contributed by atoms with van der Waals surface area (Å²) >= 11 is 6.94. The van der Waals surface area contributed by atoms with Crippen LogP contribution in [0, 0.1) is 0 Å². The Bertz CT molecular complexity index is 5010. The molecule has 109 heavy (non-hydrogen) atoms. The van der Waals surface area contributed by atoms with E-state index in [0.29, 0.717) is 57.4 Å². The third-order valence-electron chi connectivity index (χ3n) is 17.1. The molecule has 0 unspecified atom stereocenters. The standard InChI is InChI=1S/C40H46BrN7O9S2.C33H39BrN6O8S2/c1-40(2,3)57-39(49)46-22-21-30(26-46)44-58(50,51)35-20-19-34(41)36(38-42-45-48(43-38)25-29-11-17-33(56-6)18-12-29)37(35)59(52,53)47(23-27-7-13-31(54-4)14-8-27)24-28-9-15-32(55-5)16-10-28;1-33(2,3)48-32(41)39-17-16-24(20-39)38-49(42,43)28-15-14-27(34)29(31-35-21-36-37-31)30(28)50(44,45)40(18-22-6-10-25(46-4)11-7-22)19-23-8-12-26(47-5)13-9-23/h7-20,30,44H,21-26H2,1-6H3;6-15,24,38H,16-21H2,1-5H3/t30-;24-/m11/s1. The molecule has 2 amide bonds. The van der Waals surface area contributed by atoms with Gasteiger partial charge in [-0.2, -0.15) is 18.5 Å². The number of halogens is 2. The van der Waals surface area contributed by atoms with Gasteiger partial charge in [-0.15, -0.1) is 15.3 Å². The Morgan fingerprint density at radius 3 is 1.16 bits per heavy atom. The minimum absolute atomic E-state index is 0.0158. The fourth-order valence-electron chi connectivity index (χ4n) is 11.8. The molecule has 0 saturated carbocycles. The Balaban J connectivity index is 0.000000235. The topological polar surface area (TPSA) is 353 Å². The fraction of sp³-hybridized carbons (Fsp3) is 0.370. The number of ether oxygens (including phenoxy) is 7. The van der Waals surface area contributed by atoms with Crippen molar-refractivity contribution in [2.24, 2.45) is 15.2 Å². The minimum atomic E-state index is -4.77. The van der Waals surface area contributed by atoms with E-state index in [4.69, 9.17) is 33.2 Å². The largest absolute Gasteiger partial charge is 0.497 e. The summed E-state index contributed by atoms with van der Waals surface area (Å²) in [4.78, 5) is 31.8. The molecule has 3 aliphatic heterocycles. The van der Waals surface area contributed by atoms with Gasteiger partial charge in [0.25, 0.3) is 0 Å². The number of hydrogen-bond donors (Lipinski definition) is 2. The van der Waals surface area contributed by atoms with E-state index in [1.807, 2.05) is 12.1 Å². The van der Waals surface area contributed by atoms with Gasteiger partial charge in [0, 0.05) is 73.4 Å². The van der Waals surface area contributed by atoms with Crippen molar-refractivity contribution in [2.75, 3.05) is 68.4 Å². The average molecular weight is 1700 g/mol. The van der Waals surface area contributed by atoms with E-state index in [2.05, 4.69) is 71.9 Å². The van der Waals surface area contributed by atoms with E-state index in [0.717, 1.165) is 5.56 Å². The first-order chi connectivity index (χ1) is 51.6. The van der Waals surface area contributed by atoms with Crippen LogP contribution in [0.15, 0.2) is 189 Å². The maximum Gasteiger partial charge on any atom is 0.410 e. The number of amides is 2. The number of nitrogens with zero attached hydrogens (tertiary/aromatic N) is 11. The van der Waals surface area contributed by atoms with Crippen LogP contribution in [0.4, 0.5) is 9.59 Å². The van der Waals surface area contributed by atoms with E-state index in [9.17, 15) is 26.4 Å². The number of amidine groups is 1. The summed E-state index contributed by atoms with van der Waals surface area (Å²) < 4.78 is 164. The molecule has 30 nitrogen and oxygen atoms in total. The van der Waals surface area contributed by atoms with Crippen molar-refractivity contribution in [1.29, 1.82) is 0 Å². The number of methoxy groups -OCH3 is 5. The zero-order chi connectivity index (χ0) is 78.8. The molecule has 0 aliphatic carbocycles. The van der Waals surface area contributed by atoms with Crippen molar-refractivity contribution < 1.29 is 76.4 Å². The summed E-state index contributed by atoms with van der Waals surface area (Å²) in [6, 6.07) is 38.7. The summed E-state index contributed by atoms with van der Waals surface area (Å²) in [5.41, 5.74) is 1.67. The minimum Gasteiger partial charge on any atom is -0.497 e. The number of aliphatic imine (C=N–C) groups is 1. The van der Waals surface area contributed by atoms with Crippen molar-refractivity contribution in [3.8, 4) is 40.1 Å². The second kappa shape index (κ2) is 34.9. The van der Waals surface area contributed by atoms with Gasteiger partial charge in [-0.05, 0) is 204 Å². The van der Waals surface area contributed by atoms with Crippen LogP contribution in [0.3, 0.4) is 0 Å². The predicted octanol–water partition coefficient (Wildman–Crippen LogP) is 11.2. The molecule has 36 heteroatoms. The summed E-state index contributed by atoms with van der Waals surface area (Å²) in [5.74, 6) is 2.84. The molecule has 7 aromatic carbocycles. The molecule has 0 bridgehead atoms. The van der Waals surface area contributed by atoms with E-state index >= 15 is 16.8 Å². The molecule has 0 radical (unpaired) electrons. The lowest BCUT2D eigenvalue weighted by molar-refractivity contribution is 0.0281. The van der Waals surface area contributed by atoms with Crippen molar-refractivity contribution in [3.05, 3.63) is 188 Å². The molecule has 582 valence electrons. The highest BCUT2D eigenvalue weighted by Crippen LogP contribution is 2.41. The smallest absolute Gasteiger partial charge is 0.410 e. The number of hydrogen-bond acceptors (Lipinski definition) is 23. The van der Waals surface area contributed by atoms with Crippen LogP contribution < -0.4 is 33.1 Å².